The molecular formula is C72H73BrClN9O12. The number of ether oxygens (including phenoxy) is 3. The standard InChI is InChI=1S/C19H18N2O3.C17H15N3O3.C15H12N2O.C13H11NO.C4H7BrO2.C4H9NO2.ClH/c1-2-24-18(23)13-21-16-11-7-6-10-15(16)19(20-12-17(21)22)14-8-4-3-5-9-14;21-15(19-23)11-20-14-9-5-4-8-13(14)17(18-10-16(20)22)12-6-2-1-3-7-12;18-14-10-16-15(11-6-2-1-3-7-11)12-8-4-5-9-13(12)17-14;14-12-9-5-4-8-11(12)13(15)10-6-2-1-3-7-10;2*1-2-7-4(6)3-5;/h3-11H,2,12-13H2,1H3;1-9,23H,10-11H2,(H,19,21);1-9H,10H2,(H,17,18);1-9H,14H2;2-3H2,1H3;2-3,5H2,1H3;1H. The van der Waals surface area contributed by atoms with Crippen molar-refractivity contribution in [2.45, 2.75) is 20.8 Å². The molecule has 95 heavy (non-hydrogen) atoms. The molecular weight excluding hydrogens is 1300 g/mol. The van der Waals surface area contributed by atoms with E-state index in [-0.39, 0.29) is 93.7 Å². The average Bonchev–Trinajstić information content (AvgIpc) is 1.81. The number of nitrogen functional groups attached to an aromatic ring is 1. The van der Waals surface area contributed by atoms with E-state index < -0.39 is 11.9 Å². The summed E-state index contributed by atoms with van der Waals surface area (Å²) in [5.74, 6) is -2.26. The van der Waals surface area contributed by atoms with Gasteiger partial charge in [0.2, 0.25) is 17.7 Å². The molecule has 0 unspecified atom stereocenters. The van der Waals surface area contributed by atoms with Crippen molar-refractivity contribution in [3.8, 4) is 0 Å². The summed E-state index contributed by atoms with van der Waals surface area (Å²) < 4.78 is 13.9. The van der Waals surface area contributed by atoms with Gasteiger partial charge in [-0.25, -0.2) is 5.48 Å². The summed E-state index contributed by atoms with van der Waals surface area (Å²) in [6.45, 7) is 6.14. The van der Waals surface area contributed by atoms with E-state index in [1.165, 1.54) is 9.80 Å². The number of rotatable bonds is 14. The Kier molecular flexibility index (Phi) is 31.8. The zero-order valence-corrected chi connectivity index (χ0v) is 54.9. The molecule has 0 bridgehead atoms. The third-order valence-electron chi connectivity index (χ3n) is 13.4. The van der Waals surface area contributed by atoms with Crippen molar-refractivity contribution >= 4 is 116 Å². The maximum Gasteiger partial charge on any atom is 0.326 e. The van der Waals surface area contributed by atoms with Crippen LogP contribution in [0.3, 0.4) is 0 Å². The fraction of sp³-hybridized carbons (Fsp3) is 0.181. The Hall–Kier alpha value is -10.8. The molecule has 0 fully saturated rings. The highest BCUT2D eigenvalue weighted by Crippen LogP contribution is 2.29. The smallest absolute Gasteiger partial charge is 0.326 e. The molecule has 8 aromatic rings. The monoisotopic (exact) mass is 1370 g/mol. The Labute approximate surface area is 565 Å². The minimum atomic E-state index is -0.656. The lowest BCUT2D eigenvalue weighted by molar-refractivity contribution is -0.142. The number of benzene rings is 8. The van der Waals surface area contributed by atoms with E-state index in [4.69, 9.17) is 21.4 Å². The van der Waals surface area contributed by atoms with Gasteiger partial charge >= 0.3 is 17.9 Å². The van der Waals surface area contributed by atoms with Crippen LogP contribution in [-0.4, -0.2) is 134 Å². The van der Waals surface area contributed by atoms with Crippen molar-refractivity contribution in [3.63, 3.8) is 0 Å². The Bertz CT molecular complexity index is 3940. The highest BCUT2D eigenvalue weighted by molar-refractivity contribution is 9.09. The summed E-state index contributed by atoms with van der Waals surface area (Å²) in [5.41, 5.74) is 23.8. The van der Waals surface area contributed by atoms with Crippen LogP contribution < -0.4 is 32.1 Å². The zero-order valence-electron chi connectivity index (χ0n) is 52.5. The van der Waals surface area contributed by atoms with Gasteiger partial charge in [0.1, 0.15) is 38.1 Å². The SMILES string of the molecule is CCOC(=O)CBr.CCOC(=O)CN.CCOC(=O)CN1C(=O)CN=C(c2ccccc2)c2ccccc21.Cl.Nc1ccccc1C(=O)c1ccccc1.O=C(CN1C(=O)CN=C(c2ccccc2)c2ccccc21)NO.O=C1CN=C(c2ccccc2)c2ccccc2N1. The molecule has 0 saturated carbocycles. The number of esters is 3. The quantitative estimate of drug-likeness (QED) is 0.0129. The number of halogens is 2. The van der Waals surface area contributed by atoms with Gasteiger partial charge in [-0.1, -0.05) is 204 Å². The number of hydroxylamine groups is 1. The highest BCUT2D eigenvalue weighted by atomic mass is 79.9. The van der Waals surface area contributed by atoms with Crippen molar-refractivity contribution in [1.82, 2.24) is 5.48 Å². The topological polar surface area (TPSA) is 304 Å². The van der Waals surface area contributed by atoms with Crippen molar-refractivity contribution in [3.05, 3.63) is 263 Å². The maximum absolute atomic E-state index is 12.5. The summed E-state index contributed by atoms with van der Waals surface area (Å²) in [4.78, 5) is 108. The fourth-order valence-corrected chi connectivity index (χ4v) is 9.37. The van der Waals surface area contributed by atoms with Gasteiger partial charge in [0, 0.05) is 50.2 Å². The second-order valence-corrected chi connectivity index (χ2v) is 20.3. The van der Waals surface area contributed by atoms with E-state index in [9.17, 15) is 38.4 Å². The van der Waals surface area contributed by atoms with Crippen molar-refractivity contribution in [1.29, 1.82) is 0 Å². The lowest BCUT2D eigenvalue weighted by atomic mass is 10.0. The Morgan fingerprint density at radius 3 is 1.34 bits per heavy atom. The van der Waals surface area contributed by atoms with Gasteiger partial charge in [-0.05, 0) is 51.1 Å². The number of alkyl halides is 1. The molecule has 8 aromatic carbocycles. The van der Waals surface area contributed by atoms with Crippen LogP contribution in [0.5, 0.6) is 0 Å². The number of carbonyl (C=O) groups is 8. The predicted molar refractivity (Wildman–Crippen MR) is 374 cm³/mol. The van der Waals surface area contributed by atoms with Gasteiger partial charge in [-0.15, -0.1) is 12.4 Å². The van der Waals surface area contributed by atoms with Gasteiger partial charge in [0.05, 0.1) is 60.6 Å². The number of anilines is 4. The molecule has 7 N–H and O–H groups in total. The molecule has 3 aliphatic heterocycles. The number of aliphatic imine (C=N–C) groups is 3. The Balaban J connectivity index is 0.000000216. The number of benzodiazepines with no additional fused rings is 3. The number of para-hydroxylation sites is 4. The highest BCUT2D eigenvalue weighted by Gasteiger charge is 2.28. The number of fused-ring (bicyclic) bond motifs is 3. The Morgan fingerprint density at radius 2 is 0.895 bits per heavy atom. The fourth-order valence-electron chi connectivity index (χ4n) is 9.20. The molecule has 23 heteroatoms. The normalized spacial score (nSPS) is 12.3. The van der Waals surface area contributed by atoms with Crippen LogP contribution in [-0.2, 0) is 47.8 Å². The number of nitrogens with zero attached hydrogens (tertiary/aromatic N) is 5. The van der Waals surface area contributed by atoms with Gasteiger partial charge < -0.3 is 35.9 Å². The first-order chi connectivity index (χ1) is 45.7. The van der Waals surface area contributed by atoms with Crippen molar-refractivity contribution in [2.24, 2.45) is 20.7 Å². The molecule has 21 nitrogen and oxygen atoms in total. The van der Waals surface area contributed by atoms with E-state index in [0.717, 1.165) is 50.5 Å². The van der Waals surface area contributed by atoms with E-state index in [0.29, 0.717) is 52.4 Å². The molecule has 0 aromatic heterocycles. The van der Waals surface area contributed by atoms with Crippen LogP contribution >= 0.6 is 28.3 Å². The second-order valence-electron chi connectivity index (χ2n) is 19.8. The summed E-state index contributed by atoms with van der Waals surface area (Å²) in [7, 11) is 0. The Morgan fingerprint density at radius 1 is 0.505 bits per heavy atom. The minimum absolute atomic E-state index is 0. The number of amides is 4. The number of hydrogen-bond donors (Lipinski definition) is 5. The molecule has 0 spiro atoms. The molecule has 3 aliphatic rings. The number of hydrogen-bond acceptors (Lipinski definition) is 17. The lowest BCUT2D eigenvalue weighted by Gasteiger charge is -2.22. The molecule has 11 rings (SSSR count). The van der Waals surface area contributed by atoms with Crippen LogP contribution in [0, 0.1) is 0 Å². The van der Waals surface area contributed by atoms with Crippen LogP contribution in [0.15, 0.2) is 233 Å². The second kappa shape index (κ2) is 40.3. The van der Waals surface area contributed by atoms with Crippen LogP contribution in [0.4, 0.5) is 22.7 Å². The zero-order chi connectivity index (χ0) is 67.6. The molecule has 0 radical (unpaired) electrons. The first kappa shape index (κ1) is 74.9. The average molecular weight is 1370 g/mol. The van der Waals surface area contributed by atoms with E-state index >= 15 is 0 Å². The first-order valence-electron chi connectivity index (χ1n) is 29.7. The minimum Gasteiger partial charge on any atom is -0.465 e. The number of ketones is 1. The van der Waals surface area contributed by atoms with Crippen LogP contribution in [0.25, 0.3) is 0 Å². The number of nitrogens with two attached hydrogens (primary N) is 2. The molecule has 0 atom stereocenters. The largest absolute Gasteiger partial charge is 0.465 e. The molecule has 492 valence electrons. The van der Waals surface area contributed by atoms with E-state index in [2.05, 4.69) is 45.7 Å². The number of carbonyl (C=O) groups excluding carboxylic acids is 8. The predicted octanol–water partition coefficient (Wildman–Crippen LogP) is 9.66. The molecule has 0 aliphatic carbocycles. The summed E-state index contributed by atoms with van der Waals surface area (Å²) in [6.07, 6.45) is 0. The summed E-state index contributed by atoms with van der Waals surface area (Å²) in [6, 6.07) is 68.0. The van der Waals surface area contributed by atoms with Crippen molar-refractivity contribution < 1.29 is 57.8 Å². The molecule has 0 saturated heterocycles. The summed E-state index contributed by atoms with van der Waals surface area (Å²) in [5, 5.41) is 11.9. The van der Waals surface area contributed by atoms with Gasteiger partial charge in [0.15, 0.2) is 5.78 Å². The van der Waals surface area contributed by atoms with Crippen LogP contribution in [0.2, 0.25) is 0 Å². The molecule has 3 heterocycles. The van der Waals surface area contributed by atoms with E-state index in [1.54, 1.807) is 62.6 Å². The molecule has 4 amide bonds. The third-order valence-corrected chi connectivity index (χ3v) is 13.8. The maximum atomic E-state index is 12.5. The van der Waals surface area contributed by atoms with Gasteiger partial charge in [-0.3, -0.25) is 63.4 Å². The van der Waals surface area contributed by atoms with E-state index in [1.807, 2.05) is 182 Å². The third kappa shape index (κ3) is 22.8. The van der Waals surface area contributed by atoms with Gasteiger partial charge in [-0.2, -0.15) is 0 Å². The van der Waals surface area contributed by atoms with Crippen molar-refractivity contribution in [2.75, 3.05) is 85.3 Å². The van der Waals surface area contributed by atoms with Crippen LogP contribution in [0.1, 0.15) is 70.1 Å². The lowest BCUT2D eigenvalue weighted by Crippen LogP contribution is -2.40. The van der Waals surface area contributed by atoms with Gasteiger partial charge in [0.25, 0.3) is 5.91 Å². The number of nitrogens with one attached hydrogen (secondary N) is 2. The summed E-state index contributed by atoms with van der Waals surface area (Å²) >= 11 is 2.94. The first-order valence-corrected chi connectivity index (χ1v) is 30.9.